The quantitative estimate of drug-likeness (QED) is 0.447. The fraction of sp³-hybridized carbons (Fsp3) is 1.00. The molecule has 0 aromatic carbocycles. The topological polar surface area (TPSA) is 3.24 Å². The molecule has 1 heterocycles. The lowest BCUT2D eigenvalue weighted by molar-refractivity contribution is 0.347. The second-order valence-corrected chi connectivity index (χ2v) is 6.79. The van der Waals surface area contributed by atoms with Crippen molar-refractivity contribution in [2.45, 2.75) is 84.5 Å². The normalized spacial score (nSPS) is 24.2. The molecule has 1 fully saturated rings. The summed E-state index contributed by atoms with van der Waals surface area (Å²) in [5.41, 5.74) is 0. The third-order valence-corrected chi connectivity index (χ3v) is 4.87. The first-order valence-electron chi connectivity index (χ1n) is 8.96. The van der Waals surface area contributed by atoms with E-state index in [1.807, 2.05) is 0 Å². The van der Waals surface area contributed by atoms with E-state index in [0.29, 0.717) is 0 Å². The molecule has 0 spiro atoms. The molecule has 19 heavy (non-hydrogen) atoms. The van der Waals surface area contributed by atoms with Crippen molar-refractivity contribution < 1.29 is 0 Å². The lowest BCUT2D eigenvalue weighted by atomic mass is 9.87. The SMILES string of the molecule is CCCCCCC[C@H]1CN(C)C[C@H]1CCCCCC. The van der Waals surface area contributed by atoms with Gasteiger partial charge >= 0.3 is 0 Å². The van der Waals surface area contributed by atoms with Gasteiger partial charge in [-0.2, -0.15) is 0 Å². The fourth-order valence-electron chi connectivity index (χ4n) is 3.67. The number of rotatable bonds is 11. The van der Waals surface area contributed by atoms with Crippen LogP contribution in [0.3, 0.4) is 0 Å². The van der Waals surface area contributed by atoms with E-state index in [1.54, 1.807) is 0 Å². The Balaban J connectivity index is 2.14. The molecule has 1 saturated heterocycles. The molecule has 1 aliphatic rings. The fourth-order valence-corrected chi connectivity index (χ4v) is 3.67. The van der Waals surface area contributed by atoms with Crippen LogP contribution in [0.4, 0.5) is 0 Å². The van der Waals surface area contributed by atoms with Crippen LogP contribution in [0, 0.1) is 11.8 Å². The monoisotopic (exact) mass is 267 g/mol. The van der Waals surface area contributed by atoms with E-state index in [4.69, 9.17) is 0 Å². The van der Waals surface area contributed by atoms with Gasteiger partial charge in [0.2, 0.25) is 0 Å². The van der Waals surface area contributed by atoms with Crippen LogP contribution in [-0.2, 0) is 0 Å². The zero-order valence-electron chi connectivity index (χ0n) is 13.8. The van der Waals surface area contributed by atoms with E-state index in [0.717, 1.165) is 11.8 Å². The van der Waals surface area contributed by atoms with Crippen LogP contribution in [0.1, 0.15) is 84.5 Å². The zero-order valence-corrected chi connectivity index (χ0v) is 13.8. The second-order valence-electron chi connectivity index (χ2n) is 6.79. The van der Waals surface area contributed by atoms with Crippen molar-refractivity contribution in [1.29, 1.82) is 0 Å². The average molecular weight is 268 g/mol. The number of likely N-dealkylation sites (tertiary alicyclic amines) is 1. The minimum absolute atomic E-state index is 1.01. The maximum absolute atomic E-state index is 2.57. The molecule has 0 aromatic heterocycles. The van der Waals surface area contributed by atoms with Crippen LogP contribution >= 0.6 is 0 Å². The van der Waals surface area contributed by atoms with Gasteiger partial charge in [-0.25, -0.2) is 0 Å². The van der Waals surface area contributed by atoms with E-state index in [1.165, 1.54) is 83.7 Å². The van der Waals surface area contributed by atoms with Crippen LogP contribution in [0.25, 0.3) is 0 Å². The van der Waals surface area contributed by atoms with Crippen molar-refractivity contribution >= 4 is 0 Å². The highest BCUT2D eigenvalue weighted by atomic mass is 15.1. The predicted octanol–water partition coefficient (Wildman–Crippen LogP) is 5.50. The van der Waals surface area contributed by atoms with Crippen molar-refractivity contribution in [2.75, 3.05) is 20.1 Å². The number of nitrogens with zero attached hydrogens (tertiary/aromatic N) is 1. The molecular formula is C18H37N. The maximum Gasteiger partial charge on any atom is 0.000985 e. The first kappa shape index (κ1) is 17.0. The van der Waals surface area contributed by atoms with Gasteiger partial charge in [-0.3, -0.25) is 0 Å². The summed E-state index contributed by atoms with van der Waals surface area (Å²) in [7, 11) is 2.32. The predicted molar refractivity (Wildman–Crippen MR) is 86.6 cm³/mol. The van der Waals surface area contributed by atoms with Crippen molar-refractivity contribution in [3.05, 3.63) is 0 Å². The van der Waals surface area contributed by atoms with Gasteiger partial charge in [0, 0.05) is 13.1 Å². The molecule has 0 aliphatic carbocycles. The van der Waals surface area contributed by atoms with E-state index in [9.17, 15) is 0 Å². The third-order valence-electron chi connectivity index (χ3n) is 4.87. The van der Waals surface area contributed by atoms with Crippen molar-refractivity contribution in [3.63, 3.8) is 0 Å². The molecule has 1 heteroatoms. The van der Waals surface area contributed by atoms with Gasteiger partial charge in [-0.1, -0.05) is 71.6 Å². The lowest BCUT2D eigenvalue weighted by Crippen LogP contribution is -2.13. The Hall–Kier alpha value is -0.0400. The second kappa shape index (κ2) is 10.7. The Morgan fingerprint density at radius 2 is 1.11 bits per heavy atom. The molecule has 2 atom stereocenters. The Morgan fingerprint density at radius 1 is 0.684 bits per heavy atom. The Morgan fingerprint density at radius 3 is 1.58 bits per heavy atom. The minimum atomic E-state index is 1.01. The van der Waals surface area contributed by atoms with Gasteiger partial charge < -0.3 is 4.90 Å². The summed E-state index contributed by atoms with van der Waals surface area (Å²) in [5, 5.41) is 0. The van der Waals surface area contributed by atoms with Gasteiger partial charge in [-0.05, 0) is 31.7 Å². The first-order valence-corrected chi connectivity index (χ1v) is 8.96. The van der Waals surface area contributed by atoms with Crippen molar-refractivity contribution in [2.24, 2.45) is 11.8 Å². The largest absolute Gasteiger partial charge is 0.306 e. The van der Waals surface area contributed by atoms with Crippen LogP contribution in [0.15, 0.2) is 0 Å². The third kappa shape index (κ3) is 7.34. The number of hydrogen-bond acceptors (Lipinski definition) is 1. The summed E-state index contributed by atoms with van der Waals surface area (Å²) in [6.07, 6.45) is 15.9. The van der Waals surface area contributed by atoms with Crippen molar-refractivity contribution in [1.82, 2.24) is 4.90 Å². The summed E-state index contributed by atoms with van der Waals surface area (Å²) >= 11 is 0. The zero-order chi connectivity index (χ0) is 13.9. The van der Waals surface area contributed by atoms with Crippen LogP contribution in [-0.4, -0.2) is 25.0 Å². The molecule has 0 radical (unpaired) electrons. The Kier molecular flexibility index (Phi) is 9.59. The molecular weight excluding hydrogens is 230 g/mol. The van der Waals surface area contributed by atoms with E-state index in [-0.39, 0.29) is 0 Å². The molecule has 0 amide bonds. The first-order chi connectivity index (χ1) is 9.27. The molecule has 1 aliphatic heterocycles. The summed E-state index contributed by atoms with van der Waals surface area (Å²) < 4.78 is 0. The molecule has 0 saturated carbocycles. The van der Waals surface area contributed by atoms with Gasteiger partial charge in [0.15, 0.2) is 0 Å². The van der Waals surface area contributed by atoms with Crippen molar-refractivity contribution in [3.8, 4) is 0 Å². The van der Waals surface area contributed by atoms with E-state index in [2.05, 4.69) is 25.8 Å². The summed E-state index contributed by atoms with van der Waals surface area (Å²) in [6, 6.07) is 0. The maximum atomic E-state index is 2.57. The standard InChI is InChI=1S/C18H37N/c1-4-6-8-10-12-14-18-16-19(3)15-17(18)13-11-9-7-5-2/h17-18H,4-16H2,1-3H3/t17-,18+/m1/s1. The van der Waals surface area contributed by atoms with E-state index >= 15 is 0 Å². The highest BCUT2D eigenvalue weighted by molar-refractivity contribution is 4.82. The van der Waals surface area contributed by atoms with E-state index < -0.39 is 0 Å². The van der Waals surface area contributed by atoms with Gasteiger partial charge in [0.25, 0.3) is 0 Å². The van der Waals surface area contributed by atoms with Crippen LogP contribution < -0.4 is 0 Å². The summed E-state index contributed by atoms with van der Waals surface area (Å²) in [5.74, 6) is 2.02. The van der Waals surface area contributed by atoms with Gasteiger partial charge in [-0.15, -0.1) is 0 Å². The molecule has 1 rings (SSSR count). The number of unbranched alkanes of at least 4 members (excludes halogenated alkanes) is 7. The highest BCUT2D eigenvalue weighted by Gasteiger charge is 2.29. The smallest absolute Gasteiger partial charge is 0.000985 e. The molecule has 1 nitrogen and oxygen atoms in total. The summed E-state index contributed by atoms with van der Waals surface area (Å²) in [6.45, 7) is 7.35. The Bertz CT molecular complexity index is 202. The molecule has 0 N–H and O–H groups in total. The lowest BCUT2D eigenvalue weighted by Gasteiger charge is -2.18. The van der Waals surface area contributed by atoms with Crippen LogP contribution in [0.5, 0.6) is 0 Å². The average Bonchev–Trinajstić information content (AvgIpc) is 2.75. The number of hydrogen-bond donors (Lipinski definition) is 0. The van der Waals surface area contributed by atoms with Crippen LogP contribution in [0.2, 0.25) is 0 Å². The summed E-state index contributed by atoms with van der Waals surface area (Å²) in [4.78, 5) is 2.57. The molecule has 0 bridgehead atoms. The molecule has 114 valence electrons. The highest BCUT2D eigenvalue weighted by Crippen LogP contribution is 2.31. The minimum Gasteiger partial charge on any atom is -0.306 e. The molecule has 0 aromatic rings. The van der Waals surface area contributed by atoms with Gasteiger partial charge in [0.05, 0.1) is 0 Å². The molecule has 0 unspecified atom stereocenters. The van der Waals surface area contributed by atoms with Gasteiger partial charge in [0.1, 0.15) is 0 Å². The Labute approximate surface area is 122 Å².